The number of benzene rings is 14. The van der Waals surface area contributed by atoms with Crippen LogP contribution in [0.5, 0.6) is 0 Å². The first-order chi connectivity index (χ1) is 46.9. The second-order valence-electron chi connectivity index (χ2n) is 27.9. The van der Waals surface area contributed by atoms with Crippen molar-refractivity contribution in [2.24, 2.45) is 0 Å². The highest BCUT2D eigenvalue weighted by Gasteiger charge is 2.47. The molecule has 460 valence electrons. The van der Waals surface area contributed by atoms with Crippen molar-refractivity contribution in [3.8, 4) is 66.8 Å². The summed E-state index contributed by atoms with van der Waals surface area (Å²) in [6, 6.07) is 131. The summed E-state index contributed by atoms with van der Waals surface area (Å²) in [6.07, 6.45) is 0. The number of fused-ring (bicyclic) bond motifs is 4. The molecule has 16 rings (SSSR count). The van der Waals surface area contributed by atoms with E-state index in [4.69, 9.17) is 0 Å². The molecule has 2 nitrogen and oxygen atoms in total. The van der Waals surface area contributed by atoms with Crippen molar-refractivity contribution in [3.63, 3.8) is 0 Å². The van der Waals surface area contributed by atoms with Crippen molar-refractivity contribution in [1.29, 1.82) is 0 Å². The molecule has 0 amide bonds. The quantitative estimate of drug-likeness (QED) is 0.0889. The Morgan fingerprint density at radius 3 is 0.958 bits per heavy atom. The van der Waals surface area contributed by atoms with Crippen molar-refractivity contribution >= 4 is 86.0 Å². The molecule has 0 atom stereocenters. The van der Waals surface area contributed by atoms with Gasteiger partial charge in [0.05, 0.1) is 11.4 Å². The monoisotopic (exact) mass is 1250 g/mol. The Kier molecular flexibility index (Phi) is 15.2. The number of rotatable bonds is 12. The van der Waals surface area contributed by atoms with Crippen molar-refractivity contribution in [2.75, 3.05) is 9.80 Å². The van der Waals surface area contributed by atoms with E-state index in [0.29, 0.717) is 0 Å². The third-order valence-corrected chi connectivity index (χ3v) is 24.9. The predicted octanol–water partition coefficient (Wildman–Crippen LogP) is 19.7. The minimum Gasteiger partial charge on any atom is -0.310 e. The van der Waals surface area contributed by atoms with Gasteiger partial charge in [0, 0.05) is 45.0 Å². The Morgan fingerprint density at radius 1 is 0.250 bits per heavy atom. The second kappa shape index (κ2) is 24.4. The first-order valence-corrected chi connectivity index (χ1v) is 35.8. The molecule has 0 saturated carbocycles. The van der Waals surface area contributed by atoms with Gasteiger partial charge in [-0.2, -0.15) is 0 Å². The minimum atomic E-state index is -2.82. The molecule has 2 heterocycles. The summed E-state index contributed by atoms with van der Waals surface area (Å²) in [5.74, 6) is 0. The van der Waals surface area contributed by atoms with Crippen molar-refractivity contribution < 1.29 is 0 Å². The second-order valence-corrected chi connectivity index (χ2v) is 31.7. The SMILES string of the molecule is CC(C)(C)c1cc2c3c(c1)N(c1c(-c4ccccc4)cccc1-c1ccccc1)c1ccc(-c4ccccc4C(C)(C)C)cc1B3c1cc(-c3ccc([Si](c4ccccc4)(c4ccccc4)c4ccccc4)cc3)ccc1N2c1c(-c2ccccc2)cccc1-c1ccccc1. The van der Waals surface area contributed by atoms with Gasteiger partial charge in [-0.05, 0) is 128 Å². The van der Waals surface area contributed by atoms with Crippen LogP contribution in [0.15, 0.2) is 346 Å². The molecule has 14 aromatic carbocycles. The molecule has 96 heavy (non-hydrogen) atoms. The molecule has 2 aliphatic heterocycles. The average molecular weight is 1250 g/mol. The summed E-state index contributed by atoms with van der Waals surface area (Å²) in [5, 5.41) is 5.41. The molecule has 0 fully saturated rings. The number of hydrogen-bond donors (Lipinski definition) is 0. The van der Waals surface area contributed by atoms with Gasteiger partial charge >= 0.3 is 0 Å². The van der Waals surface area contributed by atoms with Gasteiger partial charge in [-0.3, -0.25) is 0 Å². The van der Waals surface area contributed by atoms with E-state index in [-0.39, 0.29) is 17.5 Å². The first-order valence-electron chi connectivity index (χ1n) is 33.8. The average Bonchev–Trinajstić information content (AvgIpc) is 0.689. The fourth-order valence-corrected chi connectivity index (χ4v) is 20.3. The summed E-state index contributed by atoms with van der Waals surface area (Å²) < 4.78 is 0. The van der Waals surface area contributed by atoms with E-state index >= 15 is 0 Å². The molecular weight excluding hydrogens is 1170 g/mol. The minimum absolute atomic E-state index is 0.114. The number of nitrogens with zero attached hydrogens (tertiary/aromatic N) is 2. The van der Waals surface area contributed by atoms with Gasteiger partial charge in [-0.15, -0.1) is 0 Å². The Labute approximate surface area is 568 Å². The topological polar surface area (TPSA) is 6.48 Å². The zero-order valence-corrected chi connectivity index (χ0v) is 56.4. The molecule has 0 aliphatic carbocycles. The van der Waals surface area contributed by atoms with Gasteiger partial charge in [0.2, 0.25) is 0 Å². The molecule has 0 spiro atoms. The van der Waals surface area contributed by atoms with E-state index in [1.54, 1.807) is 0 Å². The van der Waals surface area contributed by atoms with Gasteiger partial charge in [0.25, 0.3) is 6.71 Å². The molecule has 4 heteroatoms. The third-order valence-electron chi connectivity index (χ3n) is 20.1. The van der Waals surface area contributed by atoms with Crippen LogP contribution in [0.25, 0.3) is 66.8 Å². The lowest BCUT2D eigenvalue weighted by Gasteiger charge is -2.46. The van der Waals surface area contributed by atoms with E-state index in [1.807, 2.05) is 0 Å². The van der Waals surface area contributed by atoms with E-state index < -0.39 is 8.07 Å². The maximum absolute atomic E-state index is 2.82. The highest BCUT2D eigenvalue weighted by Crippen LogP contribution is 2.54. The maximum Gasteiger partial charge on any atom is 0.252 e. The van der Waals surface area contributed by atoms with Crippen LogP contribution in [-0.4, -0.2) is 14.8 Å². The van der Waals surface area contributed by atoms with Crippen LogP contribution in [0.1, 0.15) is 52.7 Å². The normalized spacial score (nSPS) is 12.6. The fourth-order valence-electron chi connectivity index (χ4n) is 15.6. The largest absolute Gasteiger partial charge is 0.310 e. The van der Waals surface area contributed by atoms with Gasteiger partial charge in [0.1, 0.15) is 0 Å². The molecule has 2 aliphatic rings. The van der Waals surface area contributed by atoms with Gasteiger partial charge in [0.15, 0.2) is 8.07 Å². The van der Waals surface area contributed by atoms with E-state index in [9.17, 15) is 0 Å². The zero-order valence-electron chi connectivity index (χ0n) is 55.4. The van der Waals surface area contributed by atoms with Crippen LogP contribution < -0.4 is 46.9 Å². The molecule has 0 N–H and O–H groups in total. The number of para-hydroxylation sites is 2. The summed E-state index contributed by atoms with van der Waals surface area (Å²) in [5.41, 5.74) is 27.0. The molecule has 0 bridgehead atoms. The van der Waals surface area contributed by atoms with Gasteiger partial charge in [-0.25, -0.2) is 0 Å². The first kappa shape index (κ1) is 59.9. The molecule has 0 radical (unpaired) electrons. The Hall–Kier alpha value is -11.0. The Balaban J connectivity index is 1.03. The summed E-state index contributed by atoms with van der Waals surface area (Å²) >= 11 is 0. The van der Waals surface area contributed by atoms with Crippen LogP contribution >= 0.6 is 0 Å². The number of hydrogen-bond acceptors (Lipinski definition) is 2. The molecular formula is C92H75BN2Si. The third kappa shape index (κ3) is 10.4. The van der Waals surface area contributed by atoms with Crippen molar-refractivity contribution in [1.82, 2.24) is 0 Å². The molecule has 0 unspecified atom stereocenters. The Bertz CT molecular complexity index is 4930. The Morgan fingerprint density at radius 2 is 0.573 bits per heavy atom. The zero-order chi connectivity index (χ0) is 65.1. The highest BCUT2D eigenvalue weighted by molar-refractivity contribution is 7.19. The van der Waals surface area contributed by atoms with Gasteiger partial charge < -0.3 is 9.80 Å². The fraction of sp³-hybridized carbons (Fsp3) is 0.0870. The smallest absolute Gasteiger partial charge is 0.252 e. The summed E-state index contributed by atoms with van der Waals surface area (Å²) in [7, 11) is -2.82. The van der Waals surface area contributed by atoms with E-state index in [0.717, 1.165) is 67.3 Å². The van der Waals surface area contributed by atoms with Crippen molar-refractivity contribution in [3.05, 3.63) is 357 Å². The standard InChI is InChI=1S/C92H75BN2Si/c1-91(2,3)71-62-86-88-87(63-71)95(90-79(67-36-18-9-19-37-67)49-31-50-80(90)68-38-20-10-21-39-68)85-59-55-70(76-46-28-29-51-81(76)92(4,5)6)61-83(85)93(88)82-60-69(54-58-84(82)94(86)89-77(65-32-14-7-15-33-65)47-30-48-78(89)66-34-16-8-17-35-66)64-52-56-75(57-53-64)96(72-40-22-11-23-41-72,73-42-24-12-25-43-73)74-44-26-13-27-45-74/h7-63H,1-6H3. The van der Waals surface area contributed by atoms with Crippen LogP contribution in [-0.2, 0) is 10.8 Å². The summed E-state index contributed by atoms with van der Waals surface area (Å²) in [4.78, 5) is 5.36. The lowest BCUT2D eigenvalue weighted by molar-refractivity contribution is 0.590. The van der Waals surface area contributed by atoms with E-state index in [2.05, 4.69) is 397 Å². The maximum atomic E-state index is 2.68. The summed E-state index contributed by atoms with van der Waals surface area (Å²) in [6.45, 7) is 14.0. The van der Waals surface area contributed by atoms with Crippen LogP contribution in [0.2, 0.25) is 0 Å². The van der Waals surface area contributed by atoms with Crippen molar-refractivity contribution in [2.45, 2.75) is 52.4 Å². The molecule has 0 saturated heterocycles. The lowest BCUT2D eigenvalue weighted by atomic mass is 9.33. The molecule has 0 aromatic heterocycles. The van der Waals surface area contributed by atoms with E-state index in [1.165, 1.54) is 81.9 Å². The van der Waals surface area contributed by atoms with Gasteiger partial charge in [-0.1, -0.05) is 363 Å². The predicted molar refractivity (Wildman–Crippen MR) is 414 cm³/mol. The number of anilines is 6. The van der Waals surface area contributed by atoms with Crippen LogP contribution in [0, 0.1) is 0 Å². The molecule has 14 aromatic rings. The lowest BCUT2D eigenvalue weighted by Crippen LogP contribution is -2.74. The highest BCUT2D eigenvalue weighted by atomic mass is 28.3. The van der Waals surface area contributed by atoms with Crippen LogP contribution in [0.3, 0.4) is 0 Å². The van der Waals surface area contributed by atoms with Crippen LogP contribution in [0.4, 0.5) is 34.1 Å².